The van der Waals surface area contributed by atoms with E-state index in [4.69, 9.17) is 15.0 Å². The number of nitrogen functional groups attached to an aromatic ring is 1. The van der Waals surface area contributed by atoms with Crippen molar-refractivity contribution in [2.45, 2.75) is 26.6 Å². The maximum Gasteiger partial charge on any atom is 0.268 e. The van der Waals surface area contributed by atoms with Gasteiger partial charge in [-0.3, -0.25) is 10.2 Å². The molecular formula is C15H18N2O3. The molecule has 106 valence electrons. The van der Waals surface area contributed by atoms with Crippen LogP contribution in [-0.2, 0) is 11.3 Å². The third kappa shape index (κ3) is 3.26. The van der Waals surface area contributed by atoms with Gasteiger partial charge in [0.25, 0.3) is 5.91 Å². The first kappa shape index (κ1) is 14.3. The minimum Gasteiger partial charge on any atom is -0.463 e. The Morgan fingerprint density at radius 3 is 2.75 bits per heavy atom. The van der Waals surface area contributed by atoms with Crippen LogP contribution >= 0.6 is 0 Å². The smallest absolute Gasteiger partial charge is 0.268 e. The summed E-state index contributed by atoms with van der Waals surface area (Å²) in [5.74, 6) is 5.87. The summed E-state index contributed by atoms with van der Waals surface area (Å²) in [6.07, 6.45) is -0.0478. The highest BCUT2D eigenvalue weighted by atomic mass is 16.5. The summed E-state index contributed by atoms with van der Waals surface area (Å²) in [6.45, 7) is 3.99. The lowest BCUT2D eigenvalue weighted by atomic mass is 10.1. The van der Waals surface area contributed by atoms with E-state index in [1.807, 2.05) is 37.3 Å². The van der Waals surface area contributed by atoms with E-state index in [-0.39, 0.29) is 12.0 Å². The number of amides is 1. The zero-order valence-electron chi connectivity index (χ0n) is 11.6. The van der Waals surface area contributed by atoms with E-state index < -0.39 is 0 Å². The number of nitrogens with two attached hydrogens (primary N) is 1. The molecule has 1 aromatic heterocycles. The Balaban J connectivity index is 1.99. The van der Waals surface area contributed by atoms with Crippen LogP contribution in [0.3, 0.4) is 0 Å². The van der Waals surface area contributed by atoms with Crippen molar-refractivity contribution in [2.75, 3.05) is 0 Å². The number of benzene rings is 1. The fourth-order valence-electron chi connectivity index (χ4n) is 1.95. The highest BCUT2D eigenvalue weighted by molar-refractivity contribution is 5.94. The highest BCUT2D eigenvalue weighted by Crippen LogP contribution is 2.20. The molecule has 1 atom stereocenters. The van der Waals surface area contributed by atoms with Gasteiger partial charge in [-0.1, -0.05) is 30.3 Å². The average Bonchev–Trinajstić information content (AvgIpc) is 2.86. The number of furan rings is 1. The molecule has 5 nitrogen and oxygen atoms in total. The number of rotatable bonds is 5. The van der Waals surface area contributed by atoms with Gasteiger partial charge in [0.15, 0.2) is 0 Å². The highest BCUT2D eigenvalue weighted by Gasteiger charge is 2.15. The predicted octanol–water partition coefficient (Wildman–Crippen LogP) is 2.47. The van der Waals surface area contributed by atoms with Crippen molar-refractivity contribution >= 4 is 5.91 Å². The second kappa shape index (κ2) is 6.36. The molecular weight excluding hydrogens is 256 g/mol. The van der Waals surface area contributed by atoms with Crippen LogP contribution < -0.4 is 11.3 Å². The van der Waals surface area contributed by atoms with Crippen molar-refractivity contribution in [3.05, 3.63) is 59.0 Å². The quantitative estimate of drug-likeness (QED) is 0.499. The standard InChI is InChI=1S/C15H18N2O3/c1-10(12-6-4-3-5-7-12)19-9-13-8-14(11(2)20-13)15(18)17-16/h3-8,10H,9,16H2,1-2H3,(H,17,18). The first-order valence-electron chi connectivity index (χ1n) is 6.38. The SMILES string of the molecule is Cc1oc(COC(C)c2ccccc2)cc1C(=O)NN. The second-order valence-electron chi connectivity index (χ2n) is 4.52. The number of hydrazine groups is 1. The summed E-state index contributed by atoms with van der Waals surface area (Å²) in [4.78, 5) is 11.5. The number of carbonyl (C=O) groups is 1. The molecule has 0 radical (unpaired) electrons. The molecule has 0 saturated heterocycles. The largest absolute Gasteiger partial charge is 0.463 e. The van der Waals surface area contributed by atoms with E-state index in [1.54, 1.807) is 13.0 Å². The average molecular weight is 274 g/mol. The molecule has 1 heterocycles. The topological polar surface area (TPSA) is 77.5 Å². The summed E-state index contributed by atoms with van der Waals surface area (Å²) < 4.78 is 11.2. The molecule has 2 aromatic rings. The molecule has 2 rings (SSSR count). The maximum absolute atomic E-state index is 11.5. The Hall–Kier alpha value is -2.11. The Labute approximate surface area is 117 Å². The zero-order chi connectivity index (χ0) is 14.5. The van der Waals surface area contributed by atoms with E-state index in [9.17, 15) is 4.79 Å². The van der Waals surface area contributed by atoms with Gasteiger partial charge in [0, 0.05) is 0 Å². The van der Waals surface area contributed by atoms with Gasteiger partial charge in [0.05, 0.1) is 11.7 Å². The molecule has 0 fully saturated rings. The third-order valence-corrected chi connectivity index (χ3v) is 3.09. The van der Waals surface area contributed by atoms with Crippen molar-refractivity contribution in [3.63, 3.8) is 0 Å². The van der Waals surface area contributed by atoms with Crippen LogP contribution in [0, 0.1) is 6.92 Å². The van der Waals surface area contributed by atoms with E-state index in [2.05, 4.69) is 5.43 Å². The van der Waals surface area contributed by atoms with E-state index in [0.29, 0.717) is 23.7 Å². The zero-order valence-corrected chi connectivity index (χ0v) is 11.6. The molecule has 1 unspecified atom stereocenters. The Morgan fingerprint density at radius 2 is 2.10 bits per heavy atom. The van der Waals surface area contributed by atoms with Crippen LogP contribution in [0.25, 0.3) is 0 Å². The summed E-state index contributed by atoms with van der Waals surface area (Å²) in [7, 11) is 0. The third-order valence-electron chi connectivity index (χ3n) is 3.09. The lowest BCUT2D eigenvalue weighted by molar-refractivity contribution is 0.0416. The van der Waals surface area contributed by atoms with Crippen LogP contribution in [0.5, 0.6) is 0 Å². The van der Waals surface area contributed by atoms with E-state index in [0.717, 1.165) is 5.56 Å². The number of ether oxygens (including phenoxy) is 1. The number of aryl methyl sites for hydroxylation is 1. The van der Waals surface area contributed by atoms with Crippen molar-refractivity contribution < 1.29 is 13.9 Å². The van der Waals surface area contributed by atoms with Crippen LogP contribution in [0.1, 0.15) is 40.5 Å². The molecule has 3 N–H and O–H groups in total. The van der Waals surface area contributed by atoms with Crippen molar-refractivity contribution in [3.8, 4) is 0 Å². The van der Waals surface area contributed by atoms with Gasteiger partial charge in [-0.25, -0.2) is 5.84 Å². The van der Waals surface area contributed by atoms with Crippen LogP contribution in [-0.4, -0.2) is 5.91 Å². The van der Waals surface area contributed by atoms with Crippen LogP contribution in [0.4, 0.5) is 0 Å². The van der Waals surface area contributed by atoms with E-state index in [1.165, 1.54) is 0 Å². The minimum atomic E-state index is -0.367. The fraction of sp³-hybridized carbons (Fsp3) is 0.267. The molecule has 1 amide bonds. The number of hydrogen-bond acceptors (Lipinski definition) is 4. The minimum absolute atomic E-state index is 0.0478. The molecule has 0 spiro atoms. The van der Waals surface area contributed by atoms with E-state index >= 15 is 0 Å². The van der Waals surface area contributed by atoms with Gasteiger partial charge in [0.2, 0.25) is 0 Å². The molecule has 0 aliphatic rings. The summed E-state index contributed by atoms with van der Waals surface area (Å²) in [5.41, 5.74) is 3.61. The lowest BCUT2D eigenvalue weighted by Gasteiger charge is -2.12. The van der Waals surface area contributed by atoms with Gasteiger partial charge in [-0.15, -0.1) is 0 Å². The summed E-state index contributed by atoms with van der Waals surface area (Å²) in [5, 5.41) is 0. The van der Waals surface area contributed by atoms with Gasteiger partial charge in [0.1, 0.15) is 18.1 Å². The van der Waals surface area contributed by atoms with Gasteiger partial charge < -0.3 is 9.15 Å². The number of hydrogen-bond donors (Lipinski definition) is 2. The van der Waals surface area contributed by atoms with Crippen LogP contribution in [0.2, 0.25) is 0 Å². The molecule has 0 saturated carbocycles. The first-order chi connectivity index (χ1) is 9.61. The Morgan fingerprint density at radius 1 is 1.40 bits per heavy atom. The van der Waals surface area contributed by atoms with Crippen LogP contribution in [0.15, 0.2) is 40.8 Å². The Kier molecular flexibility index (Phi) is 4.55. The molecule has 1 aromatic carbocycles. The van der Waals surface area contributed by atoms with Crippen molar-refractivity contribution in [1.29, 1.82) is 0 Å². The first-order valence-corrected chi connectivity index (χ1v) is 6.38. The van der Waals surface area contributed by atoms with Gasteiger partial charge in [-0.05, 0) is 25.5 Å². The maximum atomic E-state index is 11.5. The molecule has 0 aliphatic heterocycles. The van der Waals surface area contributed by atoms with Gasteiger partial charge in [-0.2, -0.15) is 0 Å². The number of carbonyl (C=O) groups excluding carboxylic acids is 1. The number of nitrogens with one attached hydrogen (secondary N) is 1. The van der Waals surface area contributed by atoms with Crippen molar-refractivity contribution in [2.24, 2.45) is 5.84 Å². The van der Waals surface area contributed by atoms with Crippen molar-refractivity contribution in [1.82, 2.24) is 5.43 Å². The normalized spacial score (nSPS) is 12.2. The fourth-order valence-corrected chi connectivity index (χ4v) is 1.95. The molecule has 5 heteroatoms. The predicted molar refractivity (Wildman–Crippen MR) is 74.7 cm³/mol. The monoisotopic (exact) mass is 274 g/mol. The lowest BCUT2D eigenvalue weighted by Crippen LogP contribution is -2.30. The second-order valence-corrected chi connectivity index (χ2v) is 4.52. The molecule has 0 bridgehead atoms. The van der Waals surface area contributed by atoms with Gasteiger partial charge >= 0.3 is 0 Å². The summed E-state index contributed by atoms with van der Waals surface area (Å²) in [6, 6.07) is 11.6. The molecule has 0 aliphatic carbocycles. The molecule has 20 heavy (non-hydrogen) atoms. The Bertz CT molecular complexity index is 578. The summed E-state index contributed by atoms with van der Waals surface area (Å²) >= 11 is 0.